The smallest absolute Gasteiger partial charge is 0.159 e. The Kier molecular flexibility index (Phi) is 4.25. The Hall–Kier alpha value is -1.94. The van der Waals surface area contributed by atoms with E-state index in [1.807, 2.05) is 30.3 Å². The summed E-state index contributed by atoms with van der Waals surface area (Å²) < 4.78 is 5.13. The zero-order valence-corrected chi connectivity index (χ0v) is 10.7. The van der Waals surface area contributed by atoms with Crippen molar-refractivity contribution in [3.8, 4) is 17.1 Å². The van der Waals surface area contributed by atoms with E-state index in [2.05, 4.69) is 22.2 Å². The van der Waals surface area contributed by atoms with Crippen LogP contribution in [0.2, 0.25) is 0 Å². The van der Waals surface area contributed by atoms with E-state index in [0.29, 0.717) is 0 Å². The number of benzene rings is 1. The quantitative estimate of drug-likeness (QED) is 0.875. The fraction of sp³-hybridized carbons (Fsp3) is 0.286. The van der Waals surface area contributed by atoms with E-state index >= 15 is 0 Å². The van der Waals surface area contributed by atoms with Gasteiger partial charge in [0.05, 0.1) is 12.8 Å². The second-order valence-corrected chi connectivity index (χ2v) is 3.88. The van der Waals surface area contributed by atoms with E-state index in [-0.39, 0.29) is 0 Å². The van der Waals surface area contributed by atoms with Crippen LogP contribution in [0.25, 0.3) is 11.4 Å². The Morgan fingerprint density at radius 1 is 1.17 bits per heavy atom. The van der Waals surface area contributed by atoms with E-state index in [1.165, 1.54) is 0 Å². The normalized spacial score (nSPS) is 10.3. The molecule has 1 aromatic heterocycles. The molecule has 0 radical (unpaired) electrons. The number of nitrogens with zero attached hydrogens (tertiary/aromatic N) is 2. The van der Waals surface area contributed by atoms with Gasteiger partial charge in [0.2, 0.25) is 0 Å². The average molecular weight is 243 g/mol. The number of methoxy groups -OCH3 is 1. The topological polar surface area (TPSA) is 47.0 Å². The molecule has 0 aliphatic heterocycles. The molecule has 0 fully saturated rings. The van der Waals surface area contributed by atoms with E-state index in [4.69, 9.17) is 4.74 Å². The van der Waals surface area contributed by atoms with E-state index in [1.54, 1.807) is 13.3 Å². The van der Waals surface area contributed by atoms with Crippen LogP contribution in [-0.2, 0) is 6.54 Å². The van der Waals surface area contributed by atoms with Crippen LogP contribution in [0.15, 0.2) is 36.5 Å². The second-order valence-electron chi connectivity index (χ2n) is 3.88. The number of hydrogen-bond acceptors (Lipinski definition) is 4. The summed E-state index contributed by atoms with van der Waals surface area (Å²) >= 11 is 0. The first-order valence-electron chi connectivity index (χ1n) is 6.00. The van der Waals surface area contributed by atoms with Gasteiger partial charge in [-0.05, 0) is 36.9 Å². The van der Waals surface area contributed by atoms with Crippen LogP contribution in [0.4, 0.5) is 0 Å². The molecule has 18 heavy (non-hydrogen) atoms. The molecule has 0 saturated heterocycles. The molecule has 4 heteroatoms. The van der Waals surface area contributed by atoms with Gasteiger partial charge in [-0.15, -0.1) is 0 Å². The summed E-state index contributed by atoms with van der Waals surface area (Å²) in [6.45, 7) is 3.77. The molecule has 94 valence electrons. The van der Waals surface area contributed by atoms with Crippen molar-refractivity contribution in [2.24, 2.45) is 0 Å². The van der Waals surface area contributed by atoms with Crippen molar-refractivity contribution in [1.29, 1.82) is 0 Å². The lowest BCUT2D eigenvalue weighted by molar-refractivity contribution is 0.415. The highest BCUT2D eigenvalue weighted by Crippen LogP contribution is 2.18. The summed E-state index contributed by atoms with van der Waals surface area (Å²) in [7, 11) is 1.66. The number of aromatic nitrogens is 2. The maximum absolute atomic E-state index is 5.13. The van der Waals surface area contributed by atoms with E-state index < -0.39 is 0 Å². The Labute approximate surface area is 107 Å². The summed E-state index contributed by atoms with van der Waals surface area (Å²) in [5.41, 5.74) is 1.99. The van der Waals surface area contributed by atoms with Gasteiger partial charge in [0.15, 0.2) is 5.82 Å². The first kappa shape index (κ1) is 12.5. The third-order valence-corrected chi connectivity index (χ3v) is 2.62. The molecule has 4 nitrogen and oxygen atoms in total. The maximum Gasteiger partial charge on any atom is 0.159 e. The number of rotatable bonds is 5. The van der Waals surface area contributed by atoms with Crippen LogP contribution >= 0.6 is 0 Å². The van der Waals surface area contributed by atoms with E-state index in [0.717, 1.165) is 35.9 Å². The Bertz CT molecular complexity index is 497. The molecule has 0 atom stereocenters. The fourth-order valence-electron chi connectivity index (χ4n) is 1.63. The zero-order valence-electron chi connectivity index (χ0n) is 10.7. The van der Waals surface area contributed by atoms with Crippen molar-refractivity contribution in [1.82, 2.24) is 15.3 Å². The van der Waals surface area contributed by atoms with Crippen LogP contribution in [0.3, 0.4) is 0 Å². The third kappa shape index (κ3) is 3.05. The minimum atomic E-state index is 0.744. The lowest BCUT2D eigenvalue weighted by Gasteiger charge is -2.05. The van der Waals surface area contributed by atoms with Crippen LogP contribution in [0, 0.1) is 0 Å². The van der Waals surface area contributed by atoms with Crippen LogP contribution in [-0.4, -0.2) is 23.6 Å². The molecule has 0 bridgehead atoms. The fourth-order valence-corrected chi connectivity index (χ4v) is 1.63. The highest BCUT2D eigenvalue weighted by Gasteiger charge is 2.02. The largest absolute Gasteiger partial charge is 0.497 e. The minimum Gasteiger partial charge on any atom is -0.497 e. The molecular formula is C14H17N3O. The predicted molar refractivity (Wildman–Crippen MR) is 71.4 cm³/mol. The summed E-state index contributed by atoms with van der Waals surface area (Å²) in [5, 5.41) is 3.25. The Morgan fingerprint density at radius 3 is 2.61 bits per heavy atom. The minimum absolute atomic E-state index is 0.744. The third-order valence-electron chi connectivity index (χ3n) is 2.62. The van der Waals surface area contributed by atoms with Gasteiger partial charge in [-0.25, -0.2) is 9.97 Å². The second kappa shape index (κ2) is 6.12. The van der Waals surface area contributed by atoms with Crippen molar-refractivity contribution >= 4 is 0 Å². The summed E-state index contributed by atoms with van der Waals surface area (Å²) in [5.74, 6) is 1.58. The highest BCUT2D eigenvalue weighted by molar-refractivity contribution is 5.56. The number of ether oxygens (including phenoxy) is 1. The standard InChI is InChI=1S/C14H17N3O/c1-3-15-10-12-8-9-16-14(17-12)11-4-6-13(18-2)7-5-11/h4-9,15H,3,10H2,1-2H3. The molecule has 1 heterocycles. The predicted octanol–water partition coefficient (Wildman–Crippen LogP) is 2.26. The molecule has 0 aliphatic rings. The van der Waals surface area contributed by atoms with Gasteiger partial charge in [0.25, 0.3) is 0 Å². The van der Waals surface area contributed by atoms with Gasteiger partial charge in [-0.2, -0.15) is 0 Å². The lowest BCUT2D eigenvalue weighted by Crippen LogP contribution is -2.13. The summed E-state index contributed by atoms with van der Waals surface area (Å²) in [6.07, 6.45) is 1.79. The highest BCUT2D eigenvalue weighted by atomic mass is 16.5. The van der Waals surface area contributed by atoms with Gasteiger partial charge in [-0.3, -0.25) is 0 Å². The zero-order chi connectivity index (χ0) is 12.8. The molecule has 2 aromatic rings. The molecule has 0 spiro atoms. The van der Waals surface area contributed by atoms with Gasteiger partial charge in [0.1, 0.15) is 5.75 Å². The molecule has 0 unspecified atom stereocenters. The maximum atomic E-state index is 5.13. The van der Waals surface area contributed by atoms with Gasteiger partial charge in [0, 0.05) is 18.3 Å². The molecule has 1 N–H and O–H groups in total. The van der Waals surface area contributed by atoms with Crippen molar-refractivity contribution in [2.45, 2.75) is 13.5 Å². The molecular weight excluding hydrogens is 226 g/mol. The molecule has 0 amide bonds. The van der Waals surface area contributed by atoms with Crippen LogP contribution in [0.1, 0.15) is 12.6 Å². The molecule has 0 saturated carbocycles. The van der Waals surface area contributed by atoms with Gasteiger partial charge in [-0.1, -0.05) is 6.92 Å². The first-order chi connectivity index (χ1) is 8.83. The van der Waals surface area contributed by atoms with Crippen molar-refractivity contribution < 1.29 is 4.74 Å². The molecule has 2 rings (SSSR count). The van der Waals surface area contributed by atoms with Crippen molar-refractivity contribution in [2.75, 3.05) is 13.7 Å². The Morgan fingerprint density at radius 2 is 1.94 bits per heavy atom. The number of hydrogen-bond donors (Lipinski definition) is 1. The average Bonchev–Trinajstić information content (AvgIpc) is 2.45. The molecule has 1 aromatic carbocycles. The van der Waals surface area contributed by atoms with E-state index in [9.17, 15) is 0 Å². The van der Waals surface area contributed by atoms with Crippen molar-refractivity contribution in [3.05, 3.63) is 42.2 Å². The lowest BCUT2D eigenvalue weighted by atomic mass is 10.2. The van der Waals surface area contributed by atoms with Crippen LogP contribution in [0.5, 0.6) is 5.75 Å². The SMILES string of the molecule is CCNCc1ccnc(-c2ccc(OC)cc2)n1. The number of nitrogens with one attached hydrogen (secondary N) is 1. The first-order valence-corrected chi connectivity index (χ1v) is 6.00. The van der Waals surface area contributed by atoms with Gasteiger partial charge < -0.3 is 10.1 Å². The van der Waals surface area contributed by atoms with Gasteiger partial charge >= 0.3 is 0 Å². The monoisotopic (exact) mass is 243 g/mol. The summed E-state index contributed by atoms with van der Waals surface area (Å²) in [4.78, 5) is 8.82. The molecule has 0 aliphatic carbocycles. The summed E-state index contributed by atoms with van der Waals surface area (Å²) in [6, 6.07) is 9.68. The van der Waals surface area contributed by atoms with Crippen LogP contribution < -0.4 is 10.1 Å². The van der Waals surface area contributed by atoms with Crippen molar-refractivity contribution in [3.63, 3.8) is 0 Å². The Balaban J connectivity index is 2.20.